The van der Waals surface area contributed by atoms with E-state index in [1.807, 2.05) is 32.0 Å². The Kier molecular flexibility index (Phi) is 6.40. The fourth-order valence-electron chi connectivity index (χ4n) is 5.93. The first kappa shape index (κ1) is 26.4. The van der Waals surface area contributed by atoms with Crippen molar-refractivity contribution in [3.8, 4) is 11.3 Å². The molecular weight excluding hydrogens is 572 g/mol. The number of aromatic nitrogens is 5. The van der Waals surface area contributed by atoms with Gasteiger partial charge < -0.3 is 9.47 Å². The monoisotopic (exact) mass is 600 g/mol. The molecule has 0 unspecified atom stereocenters. The SMILES string of the molecule is CC(=O)c1cn(CC(=O)N2[C@H](C(=O)Cc3nc(Br)ccc3C)C[C@@]3(C)C[C@@H]23)c2cnc(-c3cnc(C)nc3)cc12. The van der Waals surface area contributed by atoms with Crippen LogP contribution in [0.15, 0.2) is 47.6 Å². The van der Waals surface area contributed by atoms with Gasteiger partial charge in [0.1, 0.15) is 17.0 Å². The van der Waals surface area contributed by atoms with Gasteiger partial charge in [-0.15, -0.1) is 0 Å². The Balaban J connectivity index is 1.29. The van der Waals surface area contributed by atoms with Gasteiger partial charge in [-0.05, 0) is 72.7 Å². The number of nitrogens with zero attached hydrogens (tertiary/aromatic N) is 6. The number of ketones is 2. The standard InChI is InChI=1S/C30H29BrN6O3/c1-16-5-6-28(31)35-22(16)8-26(39)24-9-30(4)10-27(30)37(24)29(40)15-36-14-21(17(2)38)20-7-23(34-13-25(20)36)19-11-32-18(3)33-12-19/h5-7,11-14,24,27H,8-10,15H2,1-4H3/t24-,27+,30-/m0/s1. The minimum absolute atomic E-state index is 0.00360. The van der Waals surface area contributed by atoms with Crippen LogP contribution in [0, 0.1) is 19.3 Å². The summed E-state index contributed by atoms with van der Waals surface area (Å²) in [6, 6.07) is 5.19. The van der Waals surface area contributed by atoms with Gasteiger partial charge in [-0.3, -0.25) is 19.4 Å². The normalized spacial score (nSPS) is 21.5. The third kappa shape index (κ3) is 4.64. The third-order valence-electron chi connectivity index (χ3n) is 8.33. The van der Waals surface area contributed by atoms with Crippen LogP contribution in [0.5, 0.6) is 0 Å². The molecule has 10 heteroatoms. The van der Waals surface area contributed by atoms with E-state index < -0.39 is 6.04 Å². The number of pyridine rings is 2. The first-order chi connectivity index (χ1) is 19.0. The van der Waals surface area contributed by atoms with Crippen LogP contribution >= 0.6 is 15.9 Å². The zero-order valence-electron chi connectivity index (χ0n) is 22.8. The molecule has 1 aliphatic heterocycles. The van der Waals surface area contributed by atoms with E-state index in [2.05, 4.69) is 42.8 Å². The molecular formula is C30H29BrN6O3. The summed E-state index contributed by atoms with van der Waals surface area (Å²) >= 11 is 3.39. The van der Waals surface area contributed by atoms with E-state index >= 15 is 0 Å². The second-order valence-electron chi connectivity index (χ2n) is 11.3. The summed E-state index contributed by atoms with van der Waals surface area (Å²) in [6.07, 6.45) is 8.53. The molecule has 1 aliphatic carbocycles. The molecule has 0 spiro atoms. The molecule has 1 saturated carbocycles. The van der Waals surface area contributed by atoms with E-state index in [0.29, 0.717) is 39.0 Å². The lowest BCUT2D eigenvalue weighted by molar-refractivity contribution is -0.139. The van der Waals surface area contributed by atoms with Crippen molar-refractivity contribution in [2.45, 2.75) is 65.6 Å². The summed E-state index contributed by atoms with van der Waals surface area (Å²) in [7, 11) is 0. The van der Waals surface area contributed by atoms with E-state index in [1.165, 1.54) is 6.92 Å². The molecule has 9 nitrogen and oxygen atoms in total. The molecule has 5 heterocycles. The largest absolute Gasteiger partial charge is 0.336 e. The Morgan fingerprint density at radius 3 is 2.55 bits per heavy atom. The first-order valence-electron chi connectivity index (χ1n) is 13.3. The minimum Gasteiger partial charge on any atom is -0.336 e. The summed E-state index contributed by atoms with van der Waals surface area (Å²) in [4.78, 5) is 59.3. The smallest absolute Gasteiger partial charge is 0.243 e. The molecule has 1 amide bonds. The molecule has 0 bridgehead atoms. The molecule has 0 radical (unpaired) electrons. The predicted octanol–water partition coefficient (Wildman–Crippen LogP) is 4.66. The molecule has 2 fully saturated rings. The van der Waals surface area contributed by atoms with Gasteiger partial charge in [0.15, 0.2) is 11.6 Å². The summed E-state index contributed by atoms with van der Waals surface area (Å²) in [5.74, 6) is 0.428. The minimum atomic E-state index is -0.489. The number of carbonyl (C=O) groups is 3. The number of piperidine rings is 1. The second kappa shape index (κ2) is 9.69. The number of halogens is 1. The average Bonchev–Trinajstić information content (AvgIpc) is 3.28. The molecule has 3 atom stereocenters. The quantitative estimate of drug-likeness (QED) is 0.224. The Bertz CT molecular complexity index is 1700. The van der Waals surface area contributed by atoms with Crippen molar-refractivity contribution in [2.24, 2.45) is 5.41 Å². The maximum Gasteiger partial charge on any atom is 0.243 e. The van der Waals surface area contributed by atoms with Crippen LogP contribution < -0.4 is 0 Å². The molecule has 4 aromatic rings. The molecule has 0 N–H and O–H groups in total. The molecule has 0 aromatic carbocycles. The highest BCUT2D eigenvalue weighted by atomic mass is 79.9. The van der Waals surface area contributed by atoms with Crippen LogP contribution in [-0.4, -0.2) is 59.0 Å². The van der Waals surface area contributed by atoms with Crippen molar-refractivity contribution in [1.82, 2.24) is 29.4 Å². The summed E-state index contributed by atoms with van der Waals surface area (Å²) < 4.78 is 2.46. The summed E-state index contributed by atoms with van der Waals surface area (Å²) in [6.45, 7) is 7.43. The van der Waals surface area contributed by atoms with Gasteiger partial charge in [-0.1, -0.05) is 13.0 Å². The molecule has 4 aromatic heterocycles. The van der Waals surface area contributed by atoms with Gasteiger partial charge in [-0.2, -0.15) is 0 Å². The highest BCUT2D eigenvalue weighted by Crippen LogP contribution is 2.59. The van der Waals surface area contributed by atoms with Crippen LogP contribution in [0.25, 0.3) is 22.2 Å². The number of amides is 1. The van der Waals surface area contributed by atoms with Gasteiger partial charge in [0.05, 0.1) is 35.6 Å². The molecule has 6 rings (SSSR count). The summed E-state index contributed by atoms with van der Waals surface area (Å²) in [5.41, 5.74) is 4.23. The van der Waals surface area contributed by atoms with Gasteiger partial charge in [0, 0.05) is 41.1 Å². The Labute approximate surface area is 240 Å². The molecule has 40 heavy (non-hydrogen) atoms. The van der Waals surface area contributed by atoms with Gasteiger partial charge in [0.2, 0.25) is 5.91 Å². The number of hydrogen-bond donors (Lipinski definition) is 0. The van der Waals surface area contributed by atoms with Gasteiger partial charge in [0.25, 0.3) is 0 Å². The lowest BCUT2D eigenvalue weighted by Crippen LogP contribution is -2.45. The van der Waals surface area contributed by atoms with Crippen LogP contribution in [0.1, 0.15) is 54.1 Å². The number of rotatable bonds is 7. The average molecular weight is 602 g/mol. The van der Waals surface area contributed by atoms with Crippen molar-refractivity contribution in [3.63, 3.8) is 0 Å². The van der Waals surface area contributed by atoms with E-state index in [1.54, 1.807) is 34.3 Å². The van der Waals surface area contributed by atoms with Crippen molar-refractivity contribution in [1.29, 1.82) is 0 Å². The van der Waals surface area contributed by atoms with Crippen LogP contribution in [0.4, 0.5) is 0 Å². The van der Waals surface area contributed by atoms with Crippen molar-refractivity contribution in [3.05, 3.63) is 70.2 Å². The van der Waals surface area contributed by atoms with Crippen molar-refractivity contribution in [2.75, 3.05) is 0 Å². The van der Waals surface area contributed by atoms with E-state index in [9.17, 15) is 14.4 Å². The number of Topliss-reactive ketones (excluding diaryl/α,β-unsaturated/α-hetero) is 2. The van der Waals surface area contributed by atoms with E-state index in [-0.39, 0.29) is 41.9 Å². The van der Waals surface area contributed by atoms with E-state index in [4.69, 9.17) is 0 Å². The number of likely N-dealkylation sites (tertiary alicyclic amines) is 1. The fraction of sp³-hybridized carbons (Fsp3) is 0.367. The molecule has 1 saturated heterocycles. The maximum atomic E-state index is 13.8. The summed E-state index contributed by atoms with van der Waals surface area (Å²) in [5, 5.41) is 0.715. The second-order valence-corrected chi connectivity index (χ2v) is 12.1. The Morgan fingerprint density at radius 2 is 1.82 bits per heavy atom. The highest BCUT2D eigenvalue weighted by Gasteiger charge is 2.64. The van der Waals surface area contributed by atoms with Crippen LogP contribution in [0.3, 0.4) is 0 Å². The molecule has 2 aliphatic rings. The van der Waals surface area contributed by atoms with Gasteiger partial charge in [-0.25, -0.2) is 15.0 Å². The van der Waals surface area contributed by atoms with Gasteiger partial charge >= 0.3 is 0 Å². The van der Waals surface area contributed by atoms with E-state index in [0.717, 1.165) is 23.2 Å². The van der Waals surface area contributed by atoms with Crippen molar-refractivity contribution >= 4 is 44.3 Å². The van der Waals surface area contributed by atoms with Crippen LogP contribution in [-0.2, 0) is 22.6 Å². The molecule has 204 valence electrons. The number of aryl methyl sites for hydroxylation is 2. The van der Waals surface area contributed by atoms with Crippen molar-refractivity contribution < 1.29 is 14.4 Å². The number of hydrogen-bond acceptors (Lipinski definition) is 7. The first-order valence-corrected chi connectivity index (χ1v) is 14.1. The van der Waals surface area contributed by atoms with Crippen LogP contribution in [0.2, 0.25) is 0 Å². The number of fused-ring (bicyclic) bond motifs is 2. The number of carbonyl (C=O) groups excluding carboxylic acids is 3. The topological polar surface area (TPSA) is 111 Å². The third-order valence-corrected chi connectivity index (χ3v) is 8.78. The Morgan fingerprint density at radius 1 is 1.07 bits per heavy atom. The zero-order chi connectivity index (χ0) is 28.3. The predicted molar refractivity (Wildman–Crippen MR) is 153 cm³/mol. The fourth-order valence-corrected chi connectivity index (χ4v) is 6.27. The highest BCUT2D eigenvalue weighted by molar-refractivity contribution is 9.10. The maximum absolute atomic E-state index is 13.8. The Hall–Kier alpha value is -3.79. The lowest BCUT2D eigenvalue weighted by atomic mass is 9.96. The lowest BCUT2D eigenvalue weighted by Gasteiger charge is -2.27. The zero-order valence-corrected chi connectivity index (χ0v) is 24.4.